The molecule has 138 valence electrons. The van der Waals surface area contributed by atoms with E-state index in [0.717, 1.165) is 25.9 Å². The normalized spacial score (nSPS) is 23.6. The quantitative estimate of drug-likeness (QED) is 0.825. The first-order valence-electron chi connectivity index (χ1n) is 9.02. The molecular weight excluding hydrogens is 338 g/mol. The van der Waals surface area contributed by atoms with Gasteiger partial charge in [-0.2, -0.15) is 0 Å². The lowest BCUT2D eigenvalue weighted by molar-refractivity contribution is 0.169. The van der Waals surface area contributed by atoms with Crippen molar-refractivity contribution in [3.63, 3.8) is 0 Å². The van der Waals surface area contributed by atoms with Crippen LogP contribution in [0.15, 0.2) is 24.3 Å². The Hall–Kier alpha value is -1.60. The van der Waals surface area contributed by atoms with Gasteiger partial charge < -0.3 is 10.6 Å². The number of carbonyl (C=O) groups excluding carboxylic acids is 1. The first-order valence-corrected chi connectivity index (χ1v) is 10.8. The summed E-state index contributed by atoms with van der Waals surface area (Å²) < 4.78 is 22.9. The highest BCUT2D eigenvalue weighted by molar-refractivity contribution is 7.91. The van der Waals surface area contributed by atoms with Gasteiger partial charge in [-0.25, -0.2) is 13.2 Å². The van der Waals surface area contributed by atoms with Crippen LogP contribution in [0.25, 0.3) is 0 Å². The van der Waals surface area contributed by atoms with E-state index in [-0.39, 0.29) is 29.6 Å². The number of rotatable bonds is 5. The van der Waals surface area contributed by atoms with Crippen molar-refractivity contribution in [3.05, 3.63) is 35.4 Å². The highest BCUT2D eigenvalue weighted by atomic mass is 32.2. The Kier molecular flexibility index (Phi) is 5.64. The molecule has 2 aliphatic heterocycles. The lowest BCUT2D eigenvalue weighted by atomic mass is 9.98. The lowest BCUT2D eigenvalue weighted by Crippen LogP contribution is -2.49. The van der Waals surface area contributed by atoms with Gasteiger partial charge in [-0.3, -0.25) is 4.90 Å². The van der Waals surface area contributed by atoms with Crippen LogP contribution in [0.2, 0.25) is 0 Å². The zero-order chi connectivity index (χ0) is 17.9. The highest BCUT2D eigenvalue weighted by Gasteiger charge is 2.29. The fourth-order valence-electron chi connectivity index (χ4n) is 3.72. The number of urea groups is 1. The molecule has 1 aromatic rings. The van der Waals surface area contributed by atoms with E-state index in [1.165, 1.54) is 11.1 Å². The van der Waals surface area contributed by atoms with E-state index in [1.54, 1.807) is 0 Å². The zero-order valence-corrected chi connectivity index (χ0v) is 15.5. The van der Waals surface area contributed by atoms with E-state index in [2.05, 4.69) is 46.7 Å². The summed E-state index contributed by atoms with van der Waals surface area (Å²) in [5, 5.41) is 5.71. The summed E-state index contributed by atoms with van der Waals surface area (Å²) in [5.74, 6) is 0.225. The summed E-state index contributed by atoms with van der Waals surface area (Å²) in [5.41, 5.74) is 2.79. The third-order valence-corrected chi connectivity index (χ3v) is 6.98. The van der Waals surface area contributed by atoms with Gasteiger partial charge in [-0.15, -0.1) is 0 Å². The van der Waals surface area contributed by atoms with Gasteiger partial charge in [-0.1, -0.05) is 31.2 Å². The van der Waals surface area contributed by atoms with Gasteiger partial charge in [0.15, 0.2) is 9.84 Å². The standard InChI is InChI=1S/C18H27N3O3S/c1-2-17(21-9-7-14-5-3-4-6-15(14)12-21)11-19-18(22)20-16-8-10-25(23,24)13-16/h3-6,16-17H,2,7-13H2,1H3,(H2,19,20,22). The van der Waals surface area contributed by atoms with E-state index in [9.17, 15) is 13.2 Å². The van der Waals surface area contributed by atoms with Gasteiger partial charge >= 0.3 is 6.03 Å². The summed E-state index contributed by atoms with van der Waals surface area (Å²) in [7, 11) is -2.97. The molecule has 25 heavy (non-hydrogen) atoms. The highest BCUT2D eigenvalue weighted by Crippen LogP contribution is 2.21. The first kappa shape index (κ1) is 18.2. The molecule has 1 fully saturated rings. The average Bonchev–Trinajstić information content (AvgIpc) is 2.93. The van der Waals surface area contributed by atoms with Crippen molar-refractivity contribution in [2.45, 2.75) is 44.8 Å². The number of nitrogens with zero attached hydrogens (tertiary/aromatic N) is 1. The second kappa shape index (κ2) is 7.74. The van der Waals surface area contributed by atoms with E-state index >= 15 is 0 Å². The van der Waals surface area contributed by atoms with Crippen molar-refractivity contribution in [3.8, 4) is 0 Å². The molecule has 0 saturated carbocycles. The molecule has 6 nitrogen and oxygen atoms in total. The summed E-state index contributed by atoms with van der Waals surface area (Å²) in [4.78, 5) is 14.5. The van der Waals surface area contributed by atoms with Crippen molar-refractivity contribution < 1.29 is 13.2 Å². The van der Waals surface area contributed by atoms with Crippen LogP contribution in [0, 0.1) is 0 Å². The third-order valence-electron chi connectivity index (χ3n) is 5.21. The van der Waals surface area contributed by atoms with E-state index < -0.39 is 9.84 Å². The molecular formula is C18H27N3O3S. The largest absolute Gasteiger partial charge is 0.337 e. The van der Waals surface area contributed by atoms with Crippen molar-refractivity contribution in [1.29, 1.82) is 0 Å². The van der Waals surface area contributed by atoms with Crippen LogP contribution in [-0.4, -0.2) is 56.0 Å². The number of sulfone groups is 1. The number of benzene rings is 1. The maximum Gasteiger partial charge on any atom is 0.315 e. The maximum absolute atomic E-state index is 12.1. The predicted molar refractivity (Wildman–Crippen MR) is 98.2 cm³/mol. The fourth-order valence-corrected chi connectivity index (χ4v) is 5.39. The molecule has 0 spiro atoms. The number of carbonyl (C=O) groups is 1. The number of hydrogen-bond donors (Lipinski definition) is 2. The number of nitrogens with one attached hydrogen (secondary N) is 2. The predicted octanol–water partition coefficient (Wildman–Crippen LogP) is 1.31. The first-order chi connectivity index (χ1) is 12.0. The van der Waals surface area contributed by atoms with E-state index in [1.807, 2.05) is 0 Å². The van der Waals surface area contributed by atoms with Gasteiger partial charge in [0.2, 0.25) is 0 Å². The minimum atomic E-state index is -2.97. The molecule has 0 radical (unpaired) electrons. The molecule has 2 aliphatic rings. The summed E-state index contributed by atoms with van der Waals surface area (Å²) >= 11 is 0. The lowest BCUT2D eigenvalue weighted by Gasteiger charge is -2.35. The fraction of sp³-hybridized carbons (Fsp3) is 0.611. The minimum Gasteiger partial charge on any atom is -0.337 e. The van der Waals surface area contributed by atoms with Gasteiger partial charge in [0.25, 0.3) is 0 Å². The van der Waals surface area contributed by atoms with E-state index in [4.69, 9.17) is 0 Å². The van der Waals surface area contributed by atoms with Crippen LogP contribution < -0.4 is 10.6 Å². The monoisotopic (exact) mass is 365 g/mol. The summed E-state index contributed by atoms with van der Waals surface area (Å²) in [6, 6.07) is 8.28. The number of fused-ring (bicyclic) bond motifs is 1. The van der Waals surface area contributed by atoms with Crippen LogP contribution in [0.5, 0.6) is 0 Å². The Morgan fingerprint density at radius 1 is 1.32 bits per heavy atom. The molecule has 2 atom stereocenters. The smallest absolute Gasteiger partial charge is 0.315 e. The number of amides is 2. The Morgan fingerprint density at radius 3 is 2.76 bits per heavy atom. The second-order valence-corrected chi connectivity index (χ2v) is 9.23. The van der Waals surface area contributed by atoms with Crippen LogP contribution in [0.1, 0.15) is 30.9 Å². The Labute approximate surface area is 149 Å². The molecule has 2 N–H and O–H groups in total. The average molecular weight is 365 g/mol. The molecule has 0 aliphatic carbocycles. The number of hydrogen-bond acceptors (Lipinski definition) is 4. The maximum atomic E-state index is 12.1. The van der Waals surface area contributed by atoms with Crippen LogP contribution in [0.4, 0.5) is 4.79 Å². The molecule has 7 heteroatoms. The van der Waals surface area contributed by atoms with Crippen LogP contribution >= 0.6 is 0 Å². The molecule has 1 aromatic carbocycles. The van der Waals surface area contributed by atoms with Crippen LogP contribution in [0.3, 0.4) is 0 Å². The third kappa shape index (κ3) is 4.73. The zero-order valence-electron chi connectivity index (χ0n) is 14.7. The molecule has 3 rings (SSSR count). The van der Waals surface area contributed by atoms with Crippen LogP contribution in [-0.2, 0) is 22.8 Å². The van der Waals surface area contributed by atoms with Gasteiger partial charge in [-0.05, 0) is 30.4 Å². The molecule has 0 bridgehead atoms. The molecule has 1 saturated heterocycles. The minimum absolute atomic E-state index is 0.0561. The Bertz CT molecular complexity index is 720. The van der Waals surface area contributed by atoms with Gasteiger partial charge in [0, 0.05) is 31.7 Å². The SMILES string of the molecule is CCC(CNC(=O)NC1CCS(=O)(=O)C1)N1CCc2ccccc2C1. The van der Waals surface area contributed by atoms with Gasteiger partial charge in [0.05, 0.1) is 11.5 Å². The Morgan fingerprint density at radius 2 is 2.08 bits per heavy atom. The summed E-state index contributed by atoms with van der Waals surface area (Å²) in [6.45, 7) is 4.62. The molecule has 2 heterocycles. The Balaban J connectivity index is 1.49. The van der Waals surface area contributed by atoms with Crippen molar-refractivity contribution in [1.82, 2.24) is 15.5 Å². The molecule has 0 aromatic heterocycles. The van der Waals surface area contributed by atoms with Crippen molar-refractivity contribution >= 4 is 15.9 Å². The molecule has 2 unspecified atom stereocenters. The van der Waals surface area contributed by atoms with Crippen molar-refractivity contribution in [2.75, 3.05) is 24.6 Å². The molecule has 2 amide bonds. The van der Waals surface area contributed by atoms with Crippen molar-refractivity contribution in [2.24, 2.45) is 0 Å². The topological polar surface area (TPSA) is 78.5 Å². The van der Waals surface area contributed by atoms with Gasteiger partial charge in [0.1, 0.15) is 0 Å². The second-order valence-electron chi connectivity index (χ2n) is 7.01. The van der Waals surface area contributed by atoms with E-state index in [0.29, 0.717) is 13.0 Å². The summed E-state index contributed by atoms with van der Waals surface area (Å²) in [6.07, 6.45) is 2.51.